The van der Waals surface area contributed by atoms with E-state index in [1.807, 2.05) is 14.0 Å². The number of aliphatic hydroxyl groups excluding tert-OH is 1. The first-order valence-corrected chi connectivity index (χ1v) is 3.92. The zero-order valence-corrected chi connectivity index (χ0v) is 7.34. The summed E-state index contributed by atoms with van der Waals surface area (Å²) in [5.74, 6) is 0.215. The Kier molecular flexibility index (Phi) is 2.52. The van der Waals surface area contributed by atoms with Crippen LogP contribution in [0, 0.1) is 6.92 Å². The molecule has 62 valence electrons. The van der Waals surface area contributed by atoms with Gasteiger partial charge < -0.3 is 5.11 Å². The van der Waals surface area contributed by atoms with E-state index < -0.39 is 6.10 Å². The molecule has 0 fully saturated rings. The van der Waals surface area contributed by atoms with Crippen molar-refractivity contribution in [1.29, 1.82) is 0 Å². The summed E-state index contributed by atoms with van der Waals surface area (Å²) in [5.41, 5.74) is 1.64. The van der Waals surface area contributed by atoms with Gasteiger partial charge >= 0.3 is 0 Å². The molecule has 1 N–H and O–H groups in total. The molecule has 1 heterocycles. The lowest BCUT2D eigenvalue weighted by Crippen LogP contribution is -1.98. The molecular formula is C7H11ClN2O. The second kappa shape index (κ2) is 3.24. The predicted octanol–water partition coefficient (Wildman–Crippen LogP) is 1.00. The van der Waals surface area contributed by atoms with E-state index in [9.17, 15) is 5.11 Å². The summed E-state index contributed by atoms with van der Waals surface area (Å²) < 4.78 is 1.67. The van der Waals surface area contributed by atoms with Crippen LogP contribution in [0.1, 0.15) is 17.4 Å². The molecule has 0 unspecified atom stereocenters. The van der Waals surface area contributed by atoms with Crippen molar-refractivity contribution in [2.45, 2.75) is 13.0 Å². The van der Waals surface area contributed by atoms with Crippen molar-refractivity contribution in [2.24, 2.45) is 7.05 Å². The number of hydrogen-bond acceptors (Lipinski definition) is 2. The molecule has 1 aromatic heterocycles. The molecule has 1 atom stereocenters. The third-order valence-corrected chi connectivity index (χ3v) is 1.85. The fourth-order valence-electron chi connectivity index (χ4n) is 1.03. The molecule has 3 nitrogen and oxygen atoms in total. The molecule has 0 aromatic carbocycles. The first-order valence-electron chi connectivity index (χ1n) is 3.39. The Morgan fingerprint density at radius 1 is 1.82 bits per heavy atom. The van der Waals surface area contributed by atoms with E-state index in [1.165, 1.54) is 0 Å². The molecule has 0 aliphatic carbocycles. The third-order valence-electron chi connectivity index (χ3n) is 1.56. The molecule has 0 saturated carbocycles. The number of aryl methyl sites for hydroxylation is 2. The van der Waals surface area contributed by atoms with E-state index in [0.717, 1.165) is 11.3 Å². The van der Waals surface area contributed by atoms with Crippen LogP contribution in [0.15, 0.2) is 6.20 Å². The number of aliphatic hydroxyl groups is 1. The lowest BCUT2D eigenvalue weighted by molar-refractivity contribution is 0.202. The Morgan fingerprint density at radius 3 is 2.82 bits per heavy atom. The van der Waals surface area contributed by atoms with Crippen LogP contribution >= 0.6 is 11.6 Å². The standard InChI is InChI=1S/C7H11ClN2O/c1-5-6(7(11)3-8)4-10(2)9-5/h4,7,11H,3H2,1-2H3/t7-/m0/s1. The lowest BCUT2D eigenvalue weighted by atomic mass is 10.2. The Hall–Kier alpha value is -0.540. The Morgan fingerprint density at radius 2 is 2.45 bits per heavy atom. The van der Waals surface area contributed by atoms with Gasteiger partial charge in [-0.2, -0.15) is 5.10 Å². The second-order valence-corrected chi connectivity index (χ2v) is 2.82. The molecule has 0 amide bonds. The minimum Gasteiger partial charge on any atom is -0.387 e. The molecule has 0 saturated heterocycles. The maximum Gasteiger partial charge on any atom is 0.0958 e. The van der Waals surface area contributed by atoms with Crippen molar-refractivity contribution in [3.63, 3.8) is 0 Å². The van der Waals surface area contributed by atoms with E-state index >= 15 is 0 Å². The highest BCUT2D eigenvalue weighted by atomic mass is 35.5. The van der Waals surface area contributed by atoms with Crippen LogP contribution in [0.25, 0.3) is 0 Å². The highest BCUT2D eigenvalue weighted by molar-refractivity contribution is 6.18. The van der Waals surface area contributed by atoms with Gasteiger partial charge in [-0.05, 0) is 6.92 Å². The van der Waals surface area contributed by atoms with Crippen LogP contribution in [0.4, 0.5) is 0 Å². The van der Waals surface area contributed by atoms with Gasteiger partial charge in [-0.15, -0.1) is 11.6 Å². The van der Waals surface area contributed by atoms with E-state index in [2.05, 4.69) is 5.10 Å². The number of nitrogens with zero attached hydrogens (tertiary/aromatic N) is 2. The SMILES string of the molecule is Cc1nn(C)cc1[C@@H](O)CCl. The summed E-state index contributed by atoms with van der Waals surface area (Å²) in [6.45, 7) is 1.85. The molecule has 1 rings (SSSR count). The van der Waals surface area contributed by atoms with Crippen molar-refractivity contribution in [2.75, 3.05) is 5.88 Å². The number of alkyl halides is 1. The van der Waals surface area contributed by atoms with Crippen LogP contribution in [0.2, 0.25) is 0 Å². The summed E-state index contributed by atoms with van der Waals surface area (Å²) >= 11 is 5.48. The average Bonchev–Trinajstić information content (AvgIpc) is 2.28. The number of halogens is 1. The molecule has 0 bridgehead atoms. The van der Waals surface area contributed by atoms with E-state index in [-0.39, 0.29) is 5.88 Å². The number of rotatable bonds is 2. The molecule has 0 spiro atoms. The smallest absolute Gasteiger partial charge is 0.0958 e. The van der Waals surface area contributed by atoms with Gasteiger partial charge in [0.15, 0.2) is 0 Å². The van der Waals surface area contributed by atoms with E-state index in [0.29, 0.717) is 0 Å². The largest absolute Gasteiger partial charge is 0.387 e. The Labute approximate surface area is 70.6 Å². The minimum atomic E-state index is -0.592. The van der Waals surface area contributed by atoms with Gasteiger partial charge in [0.25, 0.3) is 0 Å². The second-order valence-electron chi connectivity index (χ2n) is 2.51. The molecule has 0 radical (unpaired) electrons. The predicted molar refractivity (Wildman–Crippen MR) is 43.6 cm³/mol. The fraction of sp³-hybridized carbons (Fsp3) is 0.571. The lowest BCUT2D eigenvalue weighted by Gasteiger charge is -2.02. The zero-order valence-electron chi connectivity index (χ0n) is 6.58. The molecule has 11 heavy (non-hydrogen) atoms. The Bertz CT molecular complexity index is 247. The number of hydrogen-bond donors (Lipinski definition) is 1. The van der Waals surface area contributed by atoms with Gasteiger partial charge in [0.05, 0.1) is 17.7 Å². The van der Waals surface area contributed by atoms with Gasteiger partial charge in [-0.1, -0.05) is 0 Å². The van der Waals surface area contributed by atoms with Crippen molar-refractivity contribution < 1.29 is 5.11 Å². The molecule has 1 aromatic rings. The highest BCUT2D eigenvalue weighted by Crippen LogP contribution is 2.16. The van der Waals surface area contributed by atoms with E-state index in [1.54, 1.807) is 10.9 Å². The topological polar surface area (TPSA) is 38.0 Å². The van der Waals surface area contributed by atoms with Gasteiger partial charge in [-0.3, -0.25) is 4.68 Å². The molecule has 0 aliphatic heterocycles. The number of aromatic nitrogens is 2. The van der Waals surface area contributed by atoms with Crippen LogP contribution in [0.3, 0.4) is 0 Å². The van der Waals surface area contributed by atoms with Gasteiger partial charge in [-0.25, -0.2) is 0 Å². The highest BCUT2D eigenvalue weighted by Gasteiger charge is 2.11. The quantitative estimate of drug-likeness (QED) is 0.680. The molecule has 4 heteroatoms. The first-order chi connectivity index (χ1) is 5.15. The van der Waals surface area contributed by atoms with Crippen molar-refractivity contribution >= 4 is 11.6 Å². The summed E-state index contributed by atoms with van der Waals surface area (Å²) in [7, 11) is 1.82. The van der Waals surface area contributed by atoms with E-state index in [4.69, 9.17) is 11.6 Å². The first kappa shape index (κ1) is 8.56. The average molecular weight is 175 g/mol. The maximum absolute atomic E-state index is 9.34. The fourth-order valence-corrected chi connectivity index (χ4v) is 1.19. The Balaban J connectivity index is 2.93. The van der Waals surface area contributed by atoms with Gasteiger partial charge in [0.2, 0.25) is 0 Å². The molecule has 0 aliphatic rings. The van der Waals surface area contributed by atoms with Crippen molar-refractivity contribution in [3.8, 4) is 0 Å². The van der Waals surface area contributed by atoms with Crippen molar-refractivity contribution in [3.05, 3.63) is 17.5 Å². The monoisotopic (exact) mass is 174 g/mol. The van der Waals surface area contributed by atoms with Crippen LogP contribution in [-0.2, 0) is 7.05 Å². The molecular weight excluding hydrogens is 164 g/mol. The minimum absolute atomic E-state index is 0.215. The summed E-state index contributed by atoms with van der Waals surface area (Å²) in [5, 5.41) is 13.4. The van der Waals surface area contributed by atoms with Crippen LogP contribution in [-0.4, -0.2) is 20.8 Å². The van der Waals surface area contributed by atoms with Crippen LogP contribution in [0.5, 0.6) is 0 Å². The van der Waals surface area contributed by atoms with Gasteiger partial charge in [0.1, 0.15) is 0 Å². The van der Waals surface area contributed by atoms with Crippen LogP contribution < -0.4 is 0 Å². The maximum atomic E-state index is 9.34. The zero-order chi connectivity index (χ0) is 8.43. The third kappa shape index (κ3) is 1.73. The van der Waals surface area contributed by atoms with Gasteiger partial charge in [0, 0.05) is 18.8 Å². The van der Waals surface area contributed by atoms with Crippen molar-refractivity contribution in [1.82, 2.24) is 9.78 Å². The summed E-state index contributed by atoms with van der Waals surface area (Å²) in [6.07, 6.45) is 1.19. The normalized spacial score (nSPS) is 13.5. The summed E-state index contributed by atoms with van der Waals surface area (Å²) in [4.78, 5) is 0. The summed E-state index contributed by atoms with van der Waals surface area (Å²) in [6, 6.07) is 0.